The summed E-state index contributed by atoms with van der Waals surface area (Å²) in [6.07, 6.45) is 3.55. The number of aryl methyl sites for hydroxylation is 1. The van der Waals surface area contributed by atoms with Crippen LogP contribution in [-0.4, -0.2) is 53.0 Å². The summed E-state index contributed by atoms with van der Waals surface area (Å²) in [6.45, 7) is 13.4. The number of carbonyl (C=O) groups excluding carboxylic acids is 3. The third kappa shape index (κ3) is 6.47. The number of amides is 2. The van der Waals surface area contributed by atoms with Gasteiger partial charge in [-0.05, 0) is 37.3 Å². The van der Waals surface area contributed by atoms with Gasteiger partial charge in [0.2, 0.25) is 5.91 Å². The highest BCUT2D eigenvalue weighted by Crippen LogP contribution is 2.24. The van der Waals surface area contributed by atoms with E-state index < -0.39 is 17.4 Å². The maximum atomic E-state index is 13.5. The van der Waals surface area contributed by atoms with Gasteiger partial charge in [0, 0.05) is 25.9 Å². The number of carbonyl (C=O) groups is 3. The quantitative estimate of drug-likeness (QED) is 0.518. The summed E-state index contributed by atoms with van der Waals surface area (Å²) >= 11 is 0. The van der Waals surface area contributed by atoms with E-state index in [1.54, 1.807) is 61.8 Å². The summed E-state index contributed by atoms with van der Waals surface area (Å²) in [5, 5.41) is 2.91. The van der Waals surface area contributed by atoms with Gasteiger partial charge in [-0.15, -0.1) is 0 Å². The van der Waals surface area contributed by atoms with E-state index in [0.29, 0.717) is 17.9 Å². The molecule has 2 amide bonds. The standard InChI is InChI=1S/C23H37N3O4/c1-10-30-22(29)16(4)14-18(15(2)3)26(9)21(28)19(23(5,6)7)24-20(27)17-12-11-13-25(17)8/h11-15,18-19H,10H2,1-9H3,(H,24,27)/t18-,19-/m1/s1. The molecule has 0 fully saturated rings. The molecule has 0 unspecified atom stereocenters. The fraction of sp³-hybridized carbons (Fsp3) is 0.609. The van der Waals surface area contributed by atoms with Crippen molar-refractivity contribution in [3.05, 3.63) is 35.7 Å². The van der Waals surface area contributed by atoms with Crippen molar-refractivity contribution in [2.24, 2.45) is 18.4 Å². The van der Waals surface area contributed by atoms with Crippen LogP contribution < -0.4 is 5.32 Å². The van der Waals surface area contributed by atoms with Gasteiger partial charge in [0.25, 0.3) is 5.91 Å². The summed E-state index contributed by atoms with van der Waals surface area (Å²) < 4.78 is 6.78. The minimum Gasteiger partial charge on any atom is -0.463 e. The summed E-state index contributed by atoms with van der Waals surface area (Å²) in [4.78, 5) is 39.9. The number of likely N-dealkylation sites (N-methyl/N-ethyl adjacent to an activating group) is 1. The highest BCUT2D eigenvalue weighted by molar-refractivity contribution is 5.97. The van der Waals surface area contributed by atoms with Gasteiger partial charge in [-0.3, -0.25) is 9.59 Å². The third-order valence-corrected chi connectivity index (χ3v) is 5.06. The zero-order chi connectivity index (χ0) is 23.2. The average molecular weight is 420 g/mol. The maximum Gasteiger partial charge on any atom is 0.333 e. The molecular formula is C23H37N3O4. The minimum atomic E-state index is -0.734. The van der Waals surface area contributed by atoms with Crippen LogP contribution in [0.2, 0.25) is 0 Å². The van der Waals surface area contributed by atoms with E-state index in [1.165, 1.54) is 0 Å². The van der Waals surface area contributed by atoms with Crippen molar-refractivity contribution >= 4 is 17.8 Å². The maximum absolute atomic E-state index is 13.5. The van der Waals surface area contributed by atoms with E-state index in [-0.39, 0.29) is 23.8 Å². The van der Waals surface area contributed by atoms with Gasteiger partial charge >= 0.3 is 5.97 Å². The summed E-state index contributed by atoms with van der Waals surface area (Å²) in [5.41, 5.74) is 0.432. The smallest absolute Gasteiger partial charge is 0.333 e. The van der Waals surface area contributed by atoms with Gasteiger partial charge in [-0.1, -0.05) is 40.7 Å². The molecule has 0 spiro atoms. The first kappa shape index (κ1) is 25.5. The zero-order valence-corrected chi connectivity index (χ0v) is 19.8. The molecule has 0 aliphatic rings. The van der Waals surface area contributed by atoms with Crippen LogP contribution in [-0.2, 0) is 21.4 Å². The number of ether oxygens (including phenoxy) is 1. The lowest BCUT2D eigenvalue weighted by Gasteiger charge is -2.37. The first-order chi connectivity index (χ1) is 13.8. The Balaban J connectivity index is 3.17. The monoisotopic (exact) mass is 419 g/mol. The van der Waals surface area contributed by atoms with Crippen LogP contribution in [0.4, 0.5) is 0 Å². The Morgan fingerprint density at radius 2 is 1.87 bits per heavy atom. The van der Waals surface area contributed by atoms with Crippen LogP contribution in [0.15, 0.2) is 30.0 Å². The predicted octanol–water partition coefficient (Wildman–Crippen LogP) is 3.16. The minimum absolute atomic E-state index is 0.0625. The Morgan fingerprint density at radius 1 is 1.27 bits per heavy atom. The number of hydrogen-bond donors (Lipinski definition) is 1. The molecule has 0 aliphatic carbocycles. The first-order valence-electron chi connectivity index (χ1n) is 10.4. The van der Waals surface area contributed by atoms with Crippen LogP contribution in [0.5, 0.6) is 0 Å². The molecule has 7 heteroatoms. The number of aromatic nitrogens is 1. The number of hydrogen-bond acceptors (Lipinski definition) is 4. The van der Waals surface area contributed by atoms with Gasteiger partial charge in [0.15, 0.2) is 0 Å². The second-order valence-corrected chi connectivity index (χ2v) is 9.03. The molecule has 7 nitrogen and oxygen atoms in total. The van der Waals surface area contributed by atoms with E-state index in [0.717, 1.165) is 0 Å². The van der Waals surface area contributed by atoms with Crippen LogP contribution in [0.1, 0.15) is 59.0 Å². The van der Waals surface area contributed by atoms with Crippen molar-refractivity contribution in [3.63, 3.8) is 0 Å². The van der Waals surface area contributed by atoms with Crippen molar-refractivity contribution in [1.82, 2.24) is 14.8 Å². The van der Waals surface area contributed by atoms with Crippen LogP contribution in [0.3, 0.4) is 0 Å². The highest BCUT2D eigenvalue weighted by Gasteiger charge is 2.37. The van der Waals surface area contributed by atoms with Crippen LogP contribution in [0, 0.1) is 11.3 Å². The lowest BCUT2D eigenvalue weighted by molar-refractivity contribution is -0.139. The first-order valence-corrected chi connectivity index (χ1v) is 10.4. The van der Waals surface area contributed by atoms with Crippen molar-refractivity contribution in [3.8, 4) is 0 Å². The summed E-state index contributed by atoms with van der Waals surface area (Å²) in [5.74, 6) is -0.846. The van der Waals surface area contributed by atoms with Crippen LogP contribution >= 0.6 is 0 Å². The summed E-state index contributed by atoms with van der Waals surface area (Å²) in [6, 6.07) is 2.44. The summed E-state index contributed by atoms with van der Waals surface area (Å²) in [7, 11) is 3.49. The fourth-order valence-corrected chi connectivity index (χ4v) is 3.22. The van der Waals surface area contributed by atoms with Crippen molar-refractivity contribution in [2.45, 2.75) is 60.5 Å². The van der Waals surface area contributed by atoms with Gasteiger partial charge in [-0.25, -0.2) is 4.79 Å². The largest absolute Gasteiger partial charge is 0.463 e. The van der Waals surface area contributed by atoms with E-state index in [2.05, 4.69) is 5.32 Å². The van der Waals surface area contributed by atoms with E-state index in [1.807, 2.05) is 34.6 Å². The predicted molar refractivity (Wildman–Crippen MR) is 118 cm³/mol. The molecule has 1 N–H and O–H groups in total. The van der Waals surface area contributed by atoms with E-state index >= 15 is 0 Å². The average Bonchev–Trinajstić information content (AvgIpc) is 3.07. The second-order valence-electron chi connectivity index (χ2n) is 9.03. The topological polar surface area (TPSA) is 80.6 Å². The molecule has 1 rings (SSSR count). The third-order valence-electron chi connectivity index (χ3n) is 5.06. The molecule has 0 bridgehead atoms. The molecular weight excluding hydrogens is 382 g/mol. The Hall–Kier alpha value is -2.57. The van der Waals surface area contributed by atoms with E-state index in [4.69, 9.17) is 4.74 Å². The van der Waals surface area contributed by atoms with Gasteiger partial charge in [0.1, 0.15) is 11.7 Å². The molecule has 30 heavy (non-hydrogen) atoms. The molecule has 1 heterocycles. The number of nitrogens with zero attached hydrogens (tertiary/aromatic N) is 2. The number of nitrogens with one attached hydrogen (secondary N) is 1. The Morgan fingerprint density at radius 3 is 2.30 bits per heavy atom. The molecule has 0 saturated heterocycles. The Bertz CT molecular complexity index is 787. The molecule has 1 aromatic rings. The van der Waals surface area contributed by atoms with Crippen molar-refractivity contribution < 1.29 is 19.1 Å². The SMILES string of the molecule is CCOC(=O)C(C)=C[C@H](C(C)C)N(C)C(=O)[C@@H](NC(=O)c1cccn1C)C(C)(C)C. The van der Waals surface area contributed by atoms with Gasteiger partial charge < -0.3 is 19.5 Å². The molecule has 1 aromatic heterocycles. The molecule has 0 saturated carbocycles. The molecule has 2 atom stereocenters. The van der Waals surface area contributed by atoms with E-state index in [9.17, 15) is 14.4 Å². The molecule has 0 aliphatic heterocycles. The molecule has 0 radical (unpaired) electrons. The molecule has 168 valence electrons. The number of rotatable bonds is 8. The molecule has 0 aromatic carbocycles. The Kier molecular flexibility index (Phi) is 8.88. The normalized spacial score (nSPS) is 14.3. The van der Waals surface area contributed by atoms with Gasteiger partial charge in [-0.2, -0.15) is 0 Å². The van der Waals surface area contributed by atoms with Crippen LogP contribution in [0.25, 0.3) is 0 Å². The van der Waals surface area contributed by atoms with Gasteiger partial charge in [0.05, 0.1) is 12.6 Å². The number of esters is 1. The zero-order valence-electron chi connectivity index (χ0n) is 19.8. The second kappa shape index (κ2) is 10.5. The van der Waals surface area contributed by atoms with Crippen molar-refractivity contribution in [2.75, 3.05) is 13.7 Å². The highest BCUT2D eigenvalue weighted by atomic mass is 16.5. The Labute approximate surface area is 180 Å². The lowest BCUT2D eigenvalue weighted by atomic mass is 9.85. The van der Waals surface area contributed by atoms with Crippen molar-refractivity contribution in [1.29, 1.82) is 0 Å². The lowest BCUT2D eigenvalue weighted by Crippen LogP contribution is -2.56. The fourth-order valence-electron chi connectivity index (χ4n) is 3.22.